The summed E-state index contributed by atoms with van der Waals surface area (Å²) in [6, 6.07) is 2.82. The maximum absolute atomic E-state index is 13.4. The van der Waals surface area contributed by atoms with Crippen molar-refractivity contribution < 1.29 is 17.6 Å². The Hall–Kier alpha value is -1.73. The Morgan fingerprint density at radius 1 is 1.43 bits per heavy atom. The quantitative estimate of drug-likeness (QED) is 0.862. The third kappa shape index (κ3) is 4.12. The molecule has 1 aromatic carbocycles. The number of rotatable bonds is 4. The van der Waals surface area contributed by atoms with Gasteiger partial charge in [-0.15, -0.1) is 6.58 Å². The number of carbonyl (C=O) groups excluding carboxylic acids is 1. The van der Waals surface area contributed by atoms with Crippen molar-refractivity contribution in [3.63, 3.8) is 0 Å². The SMILES string of the molecule is C=CCN(C(=O)c1cc(F)ccc1S(N)(=O)=O)C(C)(C)C. The molecule has 0 radical (unpaired) electrons. The minimum absolute atomic E-state index is 0.197. The average molecular weight is 314 g/mol. The van der Waals surface area contributed by atoms with Gasteiger partial charge in [-0.2, -0.15) is 0 Å². The zero-order valence-electron chi connectivity index (χ0n) is 12.3. The van der Waals surface area contributed by atoms with Gasteiger partial charge in [-0.25, -0.2) is 17.9 Å². The van der Waals surface area contributed by atoms with E-state index in [1.165, 1.54) is 11.0 Å². The highest BCUT2D eigenvalue weighted by atomic mass is 32.2. The van der Waals surface area contributed by atoms with E-state index < -0.39 is 32.2 Å². The number of hydrogen-bond acceptors (Lipinski definition) is 3. The number of carbonyl (C=O) groups is 1. The Morgan fingerprint density at radius 3 is 2.43 bits per heavy atom. The van der Waals surface area contributed by atoms with E-state index in [-0.39, 0.29) is 12.1 Å². The van der Waals surface area contributed by atoms with Crippen LogP contribution in [0.25, 0.3) is 0 Å². The normalized spacial score (nSPS) is 12.0. The molecule has 0 bridgehead atoms. The number of sulfonamides is 1. The fraction of sp³-hybridized carbons (Fsp3) is 0.357. The summed E-state index contributed by atoms with van der Waals surface area (Å²) in [7, 11) is -4.13. The van der Waals surface area contributed by atoms with Crippen molar-refractivity contribution in [2.75, 3.05) is 6.54 Å². The second-order valence-electron chi connectivity index (χ2n) is 5.56. The zero-order valence-corrected chi connectivity index (χ0v) is 13.1. The molecule has 0 saturated carbocycles. The standard InChI is InChI=1S/C14H19FN2O3S/c1-5-8-17(14(2,3)4)13(18)11-9-10(15)6-7-12(11)21(16,19)20/h5-7,9H,1,8H2,2-4H3,(H2,16,19,20). The first-order valence-corrected chi connectivity index (χ1v) is 7.78. The molecule has 5 nitrogen and oxygen atoms in total. The Morgan fingerprint density at radius 2 is 2.00 bits per heavy atom. The predicted molar refractivity (Wildman–Crippen MR) is 78.8 cm³/mol. The van der Waals surface area contributed by atoms with Crippen LogP contribution >= 0.6 is 0 Å². The fourth-order valence-corrected chi connectivity index (χ4v) is 2.56. The van der Waals surface area contributed by atoms with Crippen molar-refractivity contribution in [1.29, 1.82) is 0 Å². The first kappa shape index (κ1) is 17.3. The van der Waals surface area contributed by atoms with Crippen molar-refractivity contribution in [3.05, 3.63) is 42.2 Å². The lowest BCUT2D eigenvalue weighted by atomic mass is 10.0. The van der Waals surface area contributed by atoms with E-state index in [0.29, 0.717) is 0 Å². The smallest absolute Gasteiger partial charge is 0.256 e. The van der Waals surface area contributed by atoms with Crippen LogP contribution in [-0.4, -0.2) is 31.3 Å². The molecule has 0 spiro atoms. The van der Waals surface area contributed by atoms with Crippen LogP contribution in [0.1, 0.15) is 31.1 Å². The topological polar surface area (TPSA) is 80.5 Å². The molecule has 1 amide bonds. The molecule has 1 aromatic rings. The van der Waals surface area contributed by atoms with E-state index in [1.807, 2.05) is 0 Å². The lowest BCUT2D eigenvalue weighted by molar-refractivity contribution is 0.0612. The number of nitrogens with zero attached hydrogens (tertiary/aromatic N) is 1. The number of hydrogen-bond donors (Lipinski definition) is 1. The zero-order chi connectivity index (χ0) is 16.4. The van der Waals surface area contributed by atoms with Gasteiger partial charge in [0.25, 0.3) is 5.91 Å². The summed E-state index contributed by atoms with van der Waals surface area (Å²) in [5.74, 6) is -1.33. The molecule has 0 atom stereocenters. The molecule has 116 valence electrons. The van der Waals surface area contributed by atoms with Gasteiger partial charge in [0.2, 0.25) is 10.0 Å². The third-order valence-electron chi connectivity index (χ3n) is 2.85. The summed E-state index contributed by atoms with van der Waals surface area (Å²) in [6.45, 7) is 9.11. The Kier molecular flexibility index (Phi) is 4.91. The Balaban J connectivity index is 3.47. The van der Waals surface area contributed by atoms with Gasteiger partial charge in [0, 0.05) is 12.1 Å². The predicted octanol–water partition coefficient (Wildman–Crippen LogP) is 1.90. The first-order chi connectivity index (χ1) is 9.48. The van der Waals surface area contributed by atoms with Crippen molar-refractivity contribution in [2.24, 2.45) is 5.14 Å². The Bertz CT molecular complexity index is 663. The van der Waals surface area contributed by atoms with Gasteiger partial charge in [0.1, 0.15) is 5.82 Å². The summed E-state index contributed by atoms with van der Waals surface area (Å²) < 4.78 is 36.5. The molecule has 0 heterocycles. The number of primary sulfonamides is 1. The second kappa shape index (κ2) is 5.95. The van der Waals surface area contributed by atoms with Gasteiger partial charge in [0.05, 0.1) is 10.5 Å². The van der Waals surface area contributed by atoms with E-state index >= 15 is 0 Å². The monoisotopic (exact) mass is 314 g/mol. The van der Waals surface area contributed by atoms with E-state index in [0.717, 1.165) is 18.2 Å². The molecular weight excluding hydrogens is 295 g/mol. The van der Waals surface area contributed by atoms with Gasteiger partial charge >= 0.3 is 0 Å². The van der Waals surface area contributed by atoms with Gasteiger partial charge in [-0.05, 0) is 39.0 Å². The lowest BCUT2D eigenvalue weighted by Crippen LogP contribution is -2.46. The molecule has 0 aliphatic heterocycles. The molecule has 0 aliphatic rings. The van der Waals surface area contributed by atoms with Crippen LogP contribution in [0, 0.1) is 5.82 Å². The largest absolute Gasteiger partial charge is 0.330 e. The van der Waals surface area contributed by atoms with E-state index in [1.54, 1.807) is 20.8 Å². The van der Waals surface area contributed by atoms with Crippen molar-refractivity contribution in [2.45, 2.75) is 31.2 Å². The van der Waals surface area contributed by atoms with Gasteiger partial charge < -0.3 is 4.90 Å². The fourth-order valence-electron chi connectivity index (χ4n) is 1.85. The summed E-state index contributed by atoms with van der Waals surface area (Å²) in [5, 5.41) is 5.09. The molecule has 0 unspecified atom stereocenters. The van der Waals surface area contributed by atoms with Gasteiger partial charge in [-0.3, -0.25) is 4.79 Å². The molecule has 7 heteroatoms. The summed E-state index contributed by atoms with van der Waals surface area (Å²) >= 11 is 0. The van der Waals surface area contributed by atoms with Crippen LogP contribution in [0.3, 0.4) is 0 Å². The van der Waals surface area contributed by atoms with Crippen LogP contribution < -0.4 is 5.14 Å². The molecule has 1 rings (SSSR count). The second-order valence-corrected chi connectivity index (χ2v) is 7.09. The molecule has 0 aromatic heterocycles. The number of halogens is 1. The van der Waals surface area contributed by atoms with Crippen LogP contribution in [0.15, 0.2) is 35.7 Å². The van der Waals surface area contributed by atoms with E-state index in [9.17, 15) is 17.6 Å². The highest BCUT2D eigenvalue weighted by Crippen LogP contribution is 2.22. The highest BCUT2D eigenvalue weighted by molar-refractivity contribution is 7.89. The minimum Gasteiger partial charge on any atom is -0.330 e. The lowest BCUT2D eigenvalue weighted by Gasteiger charge is -2.35. The Labute approximate surface area is 124 Å². The molecule has 21 heavy (non-hydrogen) atoms. The maximum Gasteiger partial charge on any atom is 0.256 e. The minimum atomic E-state index is -4.13. The molecule has 2 N–H and O–H groups in total. The molecular formula is C14H19FN2O3S. The van der Waals surface area contributed by atoms with Crippen molar-refractivity contribution >= 4 is 15.9 Å². The van der Waals surface area contributed by atoms with Crippen molar-refractivity contribution in [1.82, 2.24) is 4.90 Å². The summed E-state index contributed by atoms with van der Waals surface area (Å²) in [4.78, 5) is 13.6. The number of benzene rings is 1. The van der Waals surface area contributed by atoms with Gasteiger partial charge in [0.15, 0.2) is 0 Å². The van der Waals surface area contributed by atoms with Crippen LogP contribution in [0.5, 0.6) is 0 Å². The summed E-state index contributed by atoms with van der Waals surface area (Å²) in [6.07, 6.45) is 1.51. The summed E-state index contributed by atoms with van der Waals surface area (Å²) in [5.41, 5.74) is -0.873. The number of amides is 1. The van der Waals surface area contributed by atoms with Crippen LogP contribution in [0.4, 0.5) is 4.39 Å². The average Bonchev–Trinajstić information content (AvgIpc) is 2.32. The maximum atomic E-state index is 13.4. The highest BCUT2D eigenvalue weighted by Gasteiger charge is 2.30. The van der Waals surface area contributed by atoms with Crippen LogP contribution in [-0.2, 0) is 10.0 Å². The van der Waals surface area contributed by atoms with E-state index in [2.05, 4.69) is 6.58 Å². The molecule has 0 fully saturated rings. The van der Waals surface area contributed by atoms with Gasteiger partial charge in [-0.1, -0.05) is 6.08 Å². The first-order valence-electron chi connectivity index (χ1n) is 6.23. The molecule has 0 aliphatic carbocycles. The van der Waals surface area contributed by atoms with Crippen molar-refractivity contribution in [3.8, 4) is 0 Å². The molecule has 0 saturated heterocycles. The van der Waals surface area contributed by atoms with E-state index in [4.69, 9.17) is 5.14 Å². The third-order valence-corrected chi connectivity index (χ3v) is 3.81. The number of nitrogens with two attached hydrogens (primary N) is 1. The van der Waals surface area contributed by atoms with Crippen LogP contribution in [0.2, 0.25) is 0 Å².